The average Bonchev–Trinajstić information content (AvgIpc) is 1.88. The SMILES string of the molecule is CC(O)C[C@H]1CNCCN1. The molecule has 1 aliphatic rings. The normalized spacial score (nSPS) is 30.0. The van der Waals surface area contributed by atoms with E-state index in [2.05, 4.69) is 10.6 Å². The van der Waals surface area contributed by atoms with E-state index in [0.717, 1.165) is 26.1 Å². The lowest BCUT2D eigenvalue weighted by molar-refractivity contribution is 0.163. The van der Waals surface area contributed by atoms with Crippen LogP contribution < -0.4 is 10.6 Å². The molecule has 3 heteroatoms. The van der Waals surface area contributed by atoms with E-state index in [0.29, 0.717) is 6.04 Å². The van der Waals surface area contributed by atoms with Gasteiger partial charge in [0.25, 0.3) is 0 Å². The summed E-state index contributed by atoms with van der Waals surface area (Å²) in [7, 11) is 0. The minimum absolute atomic E-state index is 0.183. The molecule has 0 aromatic rings. The fraction of sp³-hybridized carbons (Fsp3) is 1.00. The van der Waals surface area contributed by atoms with Crippen molar-refractivity contribution in [1.82, 2.24) is 10.6 Å². The second-order valence-electron chi connectivity index (χ2n) is 2.94. The van der Waals surface area contributed by atoms with Crippen molar-refractivity contribution >= 4 is 0 Å². The summed E-state index contributed by atoms with van der Waals surface area (Å²) in [6.07, 6.45) is 0.671. The highest BCUT2D eigenvalue weighted by Gasteiger charge is 2.13. The first kappa shape index (κ1) is 7.98. The molecule has 3 nitrogen and oxygen atoms in total. The number of aliphatic hydroxyl groups excluding tert-OH is 1. The van der Waals surface area contributed by atoms with E-state index in [1.807, 2.05) is 6.92 Å². The van der Waals surface area contributed by atoms with Crippen molar-refractivity contribution in [2.75, 3.05) is 19.6 Å². The van der Waals surface area contributed by atoms with Crippen LogP contribution in [0, 0.1) is 0 Å². The van der Waals surface area contributed by atoms with Gasteiger partial charge in [0.2, 0.25) is 0 Å². The van der Waals surface area contributed by atoms with Crippen LogP contribution in [0.4, 0.5) is 0 Å². The summed E-state index contributed by atoms with van der Waals surface area (Å²) in [5.74, 6) is 0. The van der Waals surface area contributed by atoms with Gasteiger partial charge in [0, 0.05) is 25.7 Å². The van der Waals surface area contributed by atoms with Crippen LogP contribution in [0.2, 0.25) is 0 Å². The lowest BCUT2D eigenvalue weighted by atomic mass is 10.1. The second kappa shape index (κ2) is 3.91. The van der Waals surface area contributed by atoms with Gasteiger partial charge in [-0.3, -0.25) is 0 Å². The second-order valence-corrected chi connectivity index (χ2v) is 2.94. The Bertz CT molecular complexity index is 89.6. The van der Waals surface area contributed by atoms with Gasteiger partial charge in [-0.1, -0.05) is 0 Å². The van der Waals surface area contributed by atoms with Crippen molar-refractivity contribution in [1.29, 1.82) is 0 Å². The molecule has 1 fully saturated rings. The summed E-state index contributed by atoms with van der Waals surface area (Å²) in [6.45, 7) is 4.90. The average molecular weight is 144 g/mol. The van der Waals surface area contributed by atoms with Gasteiger partial charge < -0.3 is 15.7 Å². The van der Waals surface area contributed by atoms with Gasteiger partial charge in [0.1, 0.15) is 0 Å². The molecular weight excluding hydrogens is 128 g/mol. The van der Waals surface area contributed by atoms with Crippen LogP contribution in [0.3, 0.4) is 0 Å². The predicted octanol–water partition coefficient (Wildman–Crippen LogP) is -0.681. The minimum Gasteiger partial charge on any atom is -0.393 e. The summed E-state index contributed by atoms with van der Waals surface area (Å²) in [6, 6.07) is 0.466. The van der Waals surface area contributed by atoms with Gasteiger partial charge in [-0.05, 0) is 13.3 Å². The number of rotatable bonds is 2. The molecule has 1 unspecified atom stereocenters. The number of piperazine rings is 1. The molecule has 0 aromatic heterocycles. The highest BCUT2D eigenvalue weighted by molar-refractivity contribution is 4.76. The van der Waals surface area contributed by atoms with E-state index >= 15 is 0 Å². The zero-order valence-corrected chi connectivity index (χ0v) is 6.43. The summed E-state index contributed by atoms with van der Waals surface area (Å²) in [4.78, 5) is 0. The molecule has 0 spiro atoms. The third-order valence-corrected chi connectivity index (χ3v) is 1.75. The van der Waals surface area contributed by atoms with Crippen LogP contribution >= 0.6 is 0 Å². The van der Waals surface area contributed by atoms with Gasteiger partial charge in [-0.2, -0.15) is 0 Å². The largest absolute Gasteiger partial charge is 0.393 e. The van der Waals surface area contributed by atoms with Crippen LogP contribution in [0.25, 0.3) is 0 Å². The Morgan fingerprint density at radius 3 is 2.90 bits per heavy atom. The van der Waals surface area contributed by atoms with Crippen molar-refractivity contribution in [3.63, 3.8) is 0 Å². The summed E-state index contributed by atoms with van der Waals surface area (Å²) < 4.78 is 0. The van der Waals surface area contributed by atoms with Crippen LogP contribution in [-0.4, -0.2) is 36.9 Å². The predicted molar refractivity (Wildman–Crippen MR) is 41.0 cm³/mol. The Hall–Kier alpha value is -0.120. The maximum absolute atomic E-state index is 9.04. The molecule has 0 radical (unpaired) electrons. The summed E-state index contributed by atoms with van der Waals surface area (Å²) in [5, 5.41) is 15.6. The fourth-order valence-electron chi connectivity index (χ4n) is 1.29. The molecule has 2 atom stereocenters. The number of hydrogen-bond acceptors (Lipinski definition) is 3. The maximum Gasteiger partial charge on any atom is 0.0527 e. The van der Waals surface area contributed by atoms with Crippen LogP contribution in [0.1, 0.15) is 13.3 Å². The number of aliphatic hydroxyl groups is 1. The molecule has 0 aliphatic carbocycles. The highest BCUT2D eigenvalue weighted by atomic mass is 16.3. The van der Waals surface area contributed by atoms with Gasteiger partial charge in [-0.15, -0.1) is 0 Å². The van der Waals surface area contributed by atoms with Crippen molar-refractivity contribution in [2.45, 2.75) is 25.5 Å². The topological polar surface area (TPSA) is 44.3 Å². The summed E-state index contributed by atoms with van der Waals surface area (Å²) in [5.41, 5.74) is 0. The molecule has 0 bridgehead atoms. The maximum atomic E-state index is 9.04. The first-order valence-electron chi connectivity index (χ1n) is 3.91. The molecule has 1 aliphatic heterocycles. The molecule has 10 heavy (non-hydrogen) atoms. The van der Waals surface area contributed by atoms with E-state index in [-0.39, 0.29) is 6.10 Å². The molecule has 1 heterocycles. The lowest BCUT2D eigenvalue weighted by Gasteiger charge is -2.25. The zero-order chi connectivity index (χ0) is 7.40. The van der Waals surface area contributed by atoms with Gasteiger partial charge in [0.15, 0.2) is 0 Å². The van der Waals surface area contributed by atoms with Crippen molar-refractivity contribution in [2.24, 2.45) is 0 Å². The third kappa shape index (κ3) is 2.64. The number of hydrogen-bond donors (Lipinski definition) is 3. The Kier molecular flexibility index (Phi) is 3.12. The van der Waals surface area contributed by atoms with Gasteiger partial charge >= 0.3 is 0 Å². The van der Waals surface area contributed by atoms with E-state index in [1.54, 1.807) is 0 Å². The Balaban J connectivity index is 2.13. The standard InChI is InChI=1S/C7H16N2O/c1-6(10)4-7-5-8-2-3-9-7/h6-10H,2-5H2,1H3/t6?,7-/m0/s1. The molecule has 0 amide bonds. The molecule has 60 valence electrons. The van der Waals surface area contributed by atoms with E-state index in [9.17, 15) is 0 Å². The quantitative estimate of drug-likeness (QED) is 0.481. The first-order valence-corrected chi connectivity index (χ1v) is 3.91. The third-order valence-electron chi connectivity index (χ3n) is 1.75. The molecule has 0 aromatic carbocycles. The van der Waals surface area contributed by atoms with E-state index < -0.39 is 0 Å². The van der Waals surface area contributed by atoms with Crippen molar-refractivity contribution in [3.8, 4) is 0 Å². The molecule has 1 rings (SSSR count). The van der Waals surface area contributed by atoms with Gasteiger partial charge in [-0.25, -0.2) is 0 Å². The van der Waals surface area contributed by atoms with Crippen LogP contribution in [0.5, 0.6) is 0 Å². The Morgan fingerprint density at radius 1 is 1.60 bits per heavy atom. The molecule has 3 N–H and O–H groups in total. The van der Waals surface area contributed by atoms with Crippen LogP contribution in [0.15, 0.2) is 0 Å². The van der Waals surface area contributed by atoms with Gasteiger partial charge in [0.05, 0.1) is 6.10 Å². The molecule has 0 saturated carbocycles. The minimum atomic E-state index is -0.183. The number of nitrogens with one attached hydrogen (secondary N) is 2. The van der Waals surface area contributed by atoms with Crippen LogP contribution in [-0.2, 0) is 0 Å². The smallest absolute Gasteiger partial charge is 0.0527 e. The zero-order valence-electron chi connectivity index (χ0n) is 6.43. The first-order chi connectivity index (χ1) is 4.79. The van der Waals surface area contributed by atoms with Crippen molar-refractivity contribution < 1.29 is 5.11 Å². The lowest BCUT2D eigenvalue weighted by Crippen LogP contribution is -2.49. The Labute approximate surface area is 61.8 Å². The van der Waals surface area contributed by atoms with Crippen molar-refractivity contribution in [3.05, 3.63) is 0 Å². The monoisotopic (exact) mass is 144 g/mol. The Morgan fingerprint density at radius 2 is 2.40 bits per heavy atom. The fourth-order valence-corrected chi connectivity index (χ4v) is 1.29. The van der Waals surface area contributed by atoms with E-state index in [4.69, 9.17) is 5.11 Å². The molecule has 1 saturated heterocycles. The summed E-state index contributed by atoms with van der Waals surface area (Å²) >= 11 is 0. The molecular formula is C7H16N2O. The van der Waals surface area contributed by atoms with E-state index in [1.165, 1.54) is 0 Å². The highest BCUT2D eigenvalue weighted by Crippen LogP contribution is 1.97.